The van der Waals surface area contributed by atoms with E-state index in [1.54, 1.807) is 31.5 Å². The van der Waals surface area contributed by atoms with E-state index in [4.69, 9.17) is 16.1 Å². The molecule has 4 rings (SSSR count). The Kier molecular flexibility index (Phi) is 7.72. The molecule has 3 heterocycles. The number of nitrogens with one attached hydrogen (secondary N) is 2. The molecule has 3 aromatic heterocycles. The first-order chi connectivity index (χ1) is 18.0. The molecule has 0 aliphatic rings. The summed E-state index contributed by atoms with van der Waals surface area (Å²) >= 11 is 6.37. The van der Waals surface area contributed by atoms with E-state index in [-0.39, 0.29) is 40.0 Å². The van der Waals surface area contributed by atoms with Gasteiger partial charge in [0.25, 0.3) is 5.91 Å². The van der Waals surface area contributed by atoms with Crippen LogP contribution in [0.1, 0.15) is 57.1 Å². The van der Waals surface area contributed by atoms with Crippen molar-refractivity contribution in [3.8, 4) is 0 Å². The molecule has 0 saturated carbocycles. The molecule has 13 heteroatoms. The predicted molar refractivity (Wildman–Crippen MR) is 133 cm³/mol. The highest BCUT2D eigenvalue weighted by Crippen LogP contribution is 2.34. The van der Waals surface area contributed by atoms with Crippen LogP contribution < -0.4 is 10.6 Å². The first-order valence-corrected chi connectivity index (χ1v) is 11.6. The molecule has 196 valence electrons. The molecule has 0 spiro atoms. The van der Waals surface area contributed by atoms with E-state index in [1.165, 1.54) is 31.5 Å². The lowest BCUT2D eigenvalue weighted by molar-refractivity contribution is -0.138. The fraction of sp³-hybridized carbons (Fsp3) is 0.200. The lowest BCUT2D eigenvalue weighted by atomic mass is 9.99. The second-order valence-corrected chi connectivity index (χ2v) is 8.75. The number of benzene rings is 1. The Morgan fingerprint density at radius 1 is 1.08 bits per heavy atom. The highest BCUT2D eigenvalue weighted by molar-refractivity contribution is 6.36. The van der Waals surface area contributed by atoms with Crippen molar-refractivity contribution in [3.05, 3.63) is 88.4 Å². The largest absolute Gasteiger partial charge is 0.416 e. The quantitative estimate of drug-likeness (QED) is 0.251. The van der Waals surface area contributed by atoms with Crippen LogP contribution in [0.25, 0.3) is 0 Å². The fourth-order valence-corrected chi connectivity index (χ4v) is 3.78. The van der Waals surface area contributed by atoms with Crippen molar-refractivity contribution in [3.63, 3.8) is 0 Å². The van der Waals surface area contributed by atoms with Crippen molar-refractivity contribution in [2.75, 3.05) is 10.6 Å². The zero-order chi connectivity index (χ0) is 27.4. The summed E-state index contributed by atoms with van der Waals surface area (Å²) in [5, 5.41) is 9.24. The highest BCUT2D eigenvalue weighted by Gasteiger charge is 2.32. The average Bonchev–Trinajstić information content (AvgIpc) is 3.37. The van der Waals surface area contributed by atoms with Crippen LogP contribution in [0.4, 0.5) is 30.4 Å². The fourth-order valence-electron chi connectivity index (χ4n) is 3.53. The summed E-state index contributed by atoms with van der Waals surface area (Å²) in [5.74, 6) is -1.65. The molecule has 1 atom stereocenters. The van der Waals surface area contributed by atoms with Gasteiger partial charge in [-0.15, -0.1) is 0 Å². The van der Waals surface area contributed by atoms with Crippen molar-refractivity contribution in [2.45, 2.75) is 32.4 Å². The maximum Gasteiger partial charge on any atom is 0.416 e. The summed E-state index contributed by atoms with van der Waals surface area (Å²) in [6, 6.07) is 8.18. The van der Waals surface area contributed by atoms with Crippen molar-refractivity contribution in [1.82, 2.24) is 20.1 Å². The number of amides is 1. The topological polar surface area (TPSA) is 123 Å². The number of aryl methyl sites for hydroxylation is 1. The van der Waals surface area contributed by atoms with Crippen LogP contribution in [0, 0.1) is 6.92 Å². The minimum atomic E-state index is -4.56. The molecule has 1 amide bonds. The summed E-state index contributed by atoms with van der Waals surface area (Å²) in [4.78, 5) is 37.5. The Labute approximate surface area is 219 Å². The molecule has 0 bridgehead atoms. The average molecular weight is 545 g/mol. The van der Waals surface area contributed by atoms with Gasteiger partial charge in [-0.1, -0.05) is 29.7 Å². The van der Waals surface area contributed by atoms with Gasteiger partial charge >= 0.3 is 6.18 Å². The van der Waals surface area contributed by atoms with Crippen molar-refractivity contribution < 1.29 is 27.3 Å². The Morgan fingerprint density at radius 2 is 1.82 bits per heavy atom. The van der Waals surface area contributed by atoms with Crippen molar-refractivity contribution >= 4 is 40.5 Å². The molecule has 1 aromatic carbocycles. The molecule has 0 fully saturated rings. The van der Waals surface area contributed by atoms with Gasteiger partial charge in [-0.25, -0.2) is 9.97 Å². The van der Waals surface area contributed by atoms with Gasteiger partial charge in [0.05, 0.1) is 11.3 Å². The van der Waals surface area contributed by atoms with Gasteiger partial charge < -0.3 is 15.2 Å². The minimum absolute atomic E-state index is 0.00590. The van der Waals surface area contributed by atoms with Crippen LogP contribution >= 0.6 is 11.6 Å². The van der Waals surface area contributed by atoms with Gasteiger partial charge in [-0.05, 0) is 36.8 Å². The standard InChI is InChI=1S/C25H20ClF3N6O3/c1-13-3-4-16(10-17(13)25(27,28)29)34-24(37)20-11-18(35-38-20)14(2)9-19(36)22-21(26)23(32-12-31-22)33-15-5-7-30-8-6-15/h3-8,10-12,14H,9H2,1-2H3,(H,34,37)(H,30,31,32,33)/t14-/m0/s1. The minimum Gasteiger partial charge on any atom is -0.351 e. The number of alkyl halides is 3. The zero-order valence-corrected chi connectivity index (χ0v) is 20.8. The zero-order valence-electron chi connectivity index (χ0n) is 20.0. The molecule has 9 nitrogen and oxygen atoms in total. The lowest BCUT2D eigenvalue weighted by Gasteiger charge is -2.12. The van der Waals surface area contributed by atoms with Crippen LogP contribution in [-0.4, -0.2) is 31.8 Å². The summed E-state index contributed by atoms with van der Waals surface area (Å²) < 4.78 is 44.6. The summed E-state index contributed by atoms with van der Waals surface area (Å²) in [7, 11) is 0. The Hall–Kier alpha value is -4.32. The molecule has 4 aromatic rings. The maximum absolute atomic E-state index is 13.2. The third-order valence-corrected chi connectivity index (χ3v) is 5.90. The van der Waals surface area contributed by atoms with Crippen molar-refractivity contribution in [2.24, 2.45) is 0 Å². The summed E-state index contributed by atoms with van der Waals surface area (Å²) in [6.07, 6.45) is -0.252. The smallest absolute Gasteiger partial charge is 0.351 e. The van der Waals surface area contributed by atoms with E-state index in [9.17, 15) is 22.8 Å². The van der Waals surface area contributed by atoms with E-state index < -0.39 is 29.3 Å². The van der Waals surface area contributed by atoms with Gasteiger partial charge in [0.2, 0.25) is 5.76 Å². The number of aromatic nitrogens is 4. The van der Waals surface area contributed by atoms with Gasteiger partial charge in [0.1, 0.15) is 17.0 Å². The first-order valence-electron chi connectivity index (χ1n) is 11.2. The number of carbonyl (C=O) groups is 2. The van der Waals surface area contributed by atoms with E-state index in [0.717, 1.165) is 6.07 Å². The second-order valence-electron chi connectivity index (χ2n) is 8.37. The van der Waals surface area contributed by atoms with Crippen LogP contribution in [0.3, 0.4) is 0 Å². The maximum atomic E-state index is 13.2. The van der Waals surface area contributed by atoms with Gasteiger partial charge in [-0.3, -0.25) is 14.6 Å². The van der Waals surface area contributed by atoms with E-state index in [1.807, 2.05) is 0 Å². The first kappa shape index (κ1) is 26.7. The Morgan fingerprint density at radius 3 is 2.53 bits per heavy atom. The number of ketones is 1. The summed E-state index contributed by atoms with van der Waals surface area (Å²) in [6.45, 7) is 3.02. The van der Waals surface area contributed by atoms with Crippen LogP contribution in [-0.2, 0) is 6.18 Å². The molecule has 2 N–H and O–H groups in total. The number of rotatable bonds is 8. The molecule has 0 aliphatic heterocycles. The van der Waals surface area contributed by atoms with Crippen LogP contribution in [0.2, 0.25) is 5.02 Å². The van der Waals surface area contributed by atoms with E-state index in [0.29, 0.717) is 11.4 Å². The van der Waals surface area contributed by atoms with E-state index in [2.05, 4.69) is 30.7 Å². The molecule has 0 aliphatic carbocycles. The third-order valence-electron chi connectivity index (χ3n) is 5.55. The number of hydrogen-bond acceptors (Lipinski definition) is 8. The lowest BCUT2D eigenvalue weighted by Crippen LogP contribution is -2.13. The SMILES string of the molecule is Cc1ccc(NC(=O)c2cc([C@@H](C)CC(=O)c3ncnc(Nc4ccncc4)c3Cl)no2)cc1C(F)(F)F. The van der Waals surface area contributed by atoms with Gasteiger partial charge in [-0.2, -0.15) is 13.2 Å². The molecule has 0 unspecified atom stereocenters. The number of nitrogens with zero attached hydrogens (tertiary/aromatic N) is 4. The molecule has 38 heavy (non-hydrogen) atoms. The molecule has 0 saturated heterocycles. The normalized spacial score (nSPS) is 12.2. The number of carbonyl (C=O) groups excluding carboxylic acids is 2. The number of anilines is 3. The predicted octanol–water partition coefficient (Wildman–Crippen LogP) is 6.21. The van der Waals surface area contributed by atoms with Crippen LogP contribution in [0.5, 0.6) is 0 Å². The summed E-state index contributed by atoms with van der Waals surface area (Å²) in [5.41, 5.74) is 0.0861. The van der Waals surface area contributed by atoms with E-state index >= 15 is 0 Å². The Balaban J connectivity index is 1.43. The monoisotopic (exact) mass is 544 g/mol. The van der Waals surface area contributed by atoms with Crippen LogP contribution in [0.15, 0.2) is 59.6 Å². The number of halogens is 4. The number of pyridine rings is 1. The molecular formula is C25H20ClF3N6O3. The third kappa shape index (κ3) is 6.14. The Bertz CT molecular complexity index is 1480. The van der Waals surface area contributed by atoms with Crippen molar-refractivity contribution in [1.29, 1.82) is 0 Å². The number of Topliss-reactive ketones (excluding diaryl/α,β-unsaturated/α-hetero) is 1. The second kappa shape index (κ2) is 11.0. The number of hydrogen-bond donors (Lipinski definition) is 2. The molecule has 0 radical (unpaired) electrons. The van der Waals surface area contributed by atoms with Gasteiger partial charge in [0.15, 0.2) is 11.6 Å². The molecular weight excluding hydrogens is 525 g/mol. The highest BCUT2D eigenvalue weighted by atomic mass is 35.5. The van der Waals surface area contributed by atoms with Gasteiger partial charge in [0, 0.05) is 42.2 Å².